The zero-order valence-corrected chi connectivity index (χ0v) is 48.7. The largest absolute Gasteiger partial charge is 0.452 e. The number of hydrogen-bond acceptors (Lipinski definition) is 20. The monoisotopic (exact) mass is 1210 g/mol. The minimum Gasteiger partial charge on any atom is -0.452 e. The molecule has 22 nitrogen and oxygen atoms in total. The van der Waals surface area contributed by atoms with Crippen molar-refractivity contribution in [2.75, 3.05) is 0 Å². The number of rotatable bonds is 14. The van der Waals surface area contributed by atoms with Crippen molar-refractivity contribution < 1.29 is 87.6 Å². The molecule has 0 radical (unpaired) electrons. The van der Waals surface area contributed by atoms with Crippen molar-refractivity contribution in [2.24, 2.45) is 11.8 Å². The van der Waals surface area contributed by atoms with E-state index in [1.54, 1.807) is 6.08 Å². The first kappa shape index (κ1) is 66.1. The van der Waals surface area contributed by atoms with Crippen molar-refractivity contribution >= 4 is 73.6 Å². The second-order valence-corrected chi connectivity index (χ2v) is 22.0. The van der Waals surface area contributed by atoms with Gasteiger partial charge in [-0.15, -0.1) is 0 Å². The predicted octanol–water partition coefficient (Wildman–Crippen LogP) is 8.76. The van der Waals surface area contributed by atoms with E-state index < -0.39 is 79.5 Å². The first-order valence-electron chi connectivity index (χ1n) is 26.5. The van der Waals surface area contributed by atoms with Crippen LogP contribution in [0.4, 0.5) is 11.4 Å². The van der Waals surface area contributed by atoms with Crippen molar-refractivity contribution in [2.45, 2.75) is 154 Å². The number of ether oxygens (including phenoxy) is 4. The maximum atomic E-state index is 11.6. The molecule has 0 amide bonds. The summed E-state index contributed by atoms with van der Waals surface area (Å²) in [4.78, 5) is 113. The Kier molecular flexibility index (Phi) is 22.0. The number of aliphatic hydroxyl groups is 4. The van der Waals surface area contributed by atoms with Crippen LogP contribution in [-0.2, 0) is 57.3 Å². The summed E-state index contributed by atoms with van der Waals surface area (Å²) in [7, 11) is 0. The predicted molar refractivity (Wildman–Crippen MR) is 299 cm³/mol. The lowest BCUT2D eigenvalue weighted by Gasteiger charge is -2.38. The molecule has 0 saturated heterocycles. The molecule has 0 aromatic heterocycles. The Balaban J connectivity index is 0.000000203. The summed E-state index contributed by atoms with van der Waals surface area (Å²) in [6.45, 7) is 10.2. The number of carbonyl (C=O) groups excluding carboxylic acids is 8. The van der Waals surface area contributed by atoms with E-state index in [0.29, 0.717) is 17.0 Å². The average Bonchev–Trinajstić information content (AvgIpc) is 3.61. The van der Waals surface area contributed by atoms with Gasteiger partial charge in [0.15, 0.2) is 46.2 Å². The molecule has 3 aromatic carbocycles. The third-order valence-electron chi connectivity index (χ3n) is 14.7. The Hall–Kier alpha value is -7.70. The Labute approximate surface area is 486 Å². The molecule has 83 heavy (non-hydrogen) atoms. The van der Waals surface area contributed by atoms with Gasteiger partial charge in [0.2, 0.25) is 23.1 Å². The van der Waals surface area contributed by atoms with Crippen molar-refractivity contribution in [1.82, 2.24) is 0 Å². The summed E-state index contributed by atoms with van der Waals surface area (Å²) in [6, 6.07) is 19.0. The lowest BCUT2D eigenvalue weighted by atomic mass is 9.75. The topological polar surface area (TPSA) is 341 Å². The number of ketones is 8. The molecule has 0 spiro atoms. The van der Waals surface area contributed by atoms with Crippen LogP contribution in [-0.4, -0.2) is 99.7 Å². The molecular weight excluding hydrogens is 1150 g/mol. The van der Waals surface area contributed by atoms with Crippen LogP contribution in [0.15, 0.2) is 125 Å². The van der Waals surface area contributed by atoms with E-state index >= 15 is 0 Å². The van der Waals surface area contributed by atoms with E-state index in [4.69, 9.17) is 18.9 Å². The second-order valence-electron chi connectivity index (χ2n) is 21.1. The van der Waals surface area contributed by atoms with E-state index in [0.717, 1.165) is 22.9 Å². The van der Waals surface area contributed by atoms with Crippen molar-refractivity contribution in [1.29, 1.82) is 0 Å². The van der Waals surface area contributed by atoms with Gasteiger partial charge in [-0.3, -0.25) is 58.6 Å². The molecule has 3 aromatic rings. The highest BCUT2D eigenvalue weighted by Crippen LogP contribution is 2.42. The van der Waals surface area contributed by atoms with Gasteiger partial charge in [-0.1, -0.05) is 71.6 Å². The Morgan fingerprint density at radius 2 is 0.699 bits per heavy atom. The van der Waals surface area contributed by atoms with Crippen LogP contribution >= 0.6 is 15.9 Å². The Morgan fingerprint density at radius 3 is 0.964 bits per heavy atom. The number of nitrogens with zero attached hydrogens (tertiary/aromatic N) is 2. The molecule has 4 N–H and O–H groups in total. The minimum atomic E-state index is -2.07. The highest BCUT2D eigenvalue weighted by atomic mass is 79.9. The molecule has 0 bridgehead atoms. The first-order valence-corrected chi connectivity index (χ1v) is 27.3. The second kappa shape index (κ2) is 27.6. The van der Waals surface area contributed by atoms with E-state index in [1.165, 1.54) is 135 Å². The van der Waals surface area contributed by atoms with Gasteiger partial charge in [0.05, 0.1) is 9.85 Å². The van der Waals surface area contributed by atoms with Crippen molar-refractivity contribution in [3.63, 3.8) is 0 Å². The maximum absolute atomic E-state index is 11.6. The van der Waals surface area contributed by atoms with Gasteiger partial charge < -0.3 is 39.4 Å². The molecule has 1 fully saturated rings. The van der Waals surface area contributed by atoms with Crippen LogP contribution in [0.3, 0.4) is 0 Å². The molecule has 5 aliphatic rings. The fourth-order valence-electron chi connectivity index (χ4n) is 9.75. The molecule has 23 heteroatoms. The van der Waals surface area contributed by atoms with Crippen LogP contribution in [0.25, 0.3) is 0 Å². The molecule has 8 rings (SSSR count). The van der Waals surface area contributed by atoms with Gasteiger partial charge in [0.1, 0.15) is 0 Å². The van der Waals surface area contributed by atoms with Gasteiger partial charge >= 0.3 is 0 Å². The van der Waals surface area contributed by atoms with E-state index in [-0.39, 0.29) is 83.5 Å². The summed E-state index contributed by atoms with van der Waals surface area (Å²) in [5.41, 5.74) is 2.08. The van der Waals surface area contributed by atoms with Gasteiger partial charge in [0, 0.05) is 128 Å². The van der Waals surface area contributed by atoms with Crippen LogP contribution in [0.2, 0.25) is 0 Å². The van der Waals surface area contributed by atoms with E-state index in [9.17, 15) is 79.0 Å². The molecule has 8 atom stereocenters. The number of benzene rings is 3. The number of hydrogen-bond donors (Lipinski definition) is 4. The zero-order chi connectivity index (χ0) is 61.9. The number of non-ortho nitro benzene ring substituents is 2. The van der Waals surface area contributed by atoms with Crippen LogP contribution in [0, 0.1) is 32.1 Å². The summed E-state index contributed by atoms with van der Waals surface area (Å²) in [5.74, 6) is -12.1. The zero-order valence-electron chi connectivity index (χ0n) is 47.1. The molecule has 1 saturated carbocycles. The van der Waals surface area contributed by atoms with Crippen LogP contribution < -0.4 is 0 Å². The van der Waals surface area contributed by atoms with Gasteiger partial charge in [0.25, 0.3) is 34.5 Å². The van der Waals surface area contributed by atoms with Crippen LogP contribution in [0.5, 0.6) is 0 Å². The quantitative estimate of drug-likeness (QED) is 0.0865. The molecule has 4 aliphatic heterocycles. The Bertz CT molecular complexity index is 3020. The highest BCUT2D eigenvalue weighted by Gasteiger charge is 2.47. The fraction of sp³-hybridized carbons (Fsp3) is 0.433. The SMILES string of the molecule is CC(=O)C1=CC(C2CCCCC2)CC(O)(C(C)=O)O1.CC(=O)C1=CC(c2ccc(Br)cc2)CC(O)(C(C)=O)O1.CC(=O)C1=CC(c2ccc([N+](=O)[O-])cc2)CC(O)(C(C)=O)O1.CC(=O)C1=CC(c2ccc([N+](=O)[O-])cc2)CC(O)(C(C)=O)O1. The summed E-state index contributed by atoms with van der Waals surface area (Å²) in [5, 5.41) is 62.5. The molecule has 444 valence electrons. The fourth-order valence-corrected chi connectivity index (χ4v) is 10.0. The highest BCUT2D eigenvalue weighted by molar-refractivity contribution is 9.10. The number of nitro groups is 2. The van der Waals surface area contributed by atoms with E-state index in [2.05, 4.69) is 15.9 Å². The third kappa shape index (κ3) is 17.2. The maximum Gasteiger partial charge on any atom is 0.269 e. The lowest BCUT2D eigenvalue weighted by Crippen LogP contribution is -2.46. The smallest absolute Gasteiger partial charge is 0.269 e. The van der Waals surface area contributed by atoms with Crippen molar-refractivity contribution in [3.8, 4) is 0 Å². The summed E-state index contributed by atoms with van der Waals surface area (Å²) < 4.78 is 21.6. The summed E-state index contributed by atoms with van der Waals surface area (Å²) in [6.07, 6.45) is 12.6. The van der Waals surface area contributed by atoms with Gasteiger partial charge in [-0.25, -0.2) is 0 Å². The van der Waals surface area contributed by atoms with E-state index in [1.807, 2.05) is 30.3 Å². The lowest BCUT2D eigenvalue weighted by molar-refractivity contribution is -0.385. The average molecular weight is 1220 g/mol. The minimum absolute atomic E-state index is 0.0295. The molecule has 8 unspecified atom stereocenters. The first-order chi connectivity index (χ1) is 38.7. The van der Waals surface area contributed by atoms with Gasteiger partial charge in [-0.05, 0) is 77.8 Å². The summed E-state index contributed by atoms with van der Waals surface area (Å²) >= 11 is 3.35. The number of carbonyl (C=O) groups is 8. The Morgan fingerprint density at radius 1 is 0.434 bits per heavy atom. The normalized spacial score (nSPS) is 26.4. The van der Waals surface area contributed by atoms with Crippen LogP contribution in [0.1, 0.15) is 148 Å². The number of Topliss-reactive ketones (excluding diaryl/α,β-unsaturated/α-hetero) is 8. The van der Waals surface area contributed by atoms with Gasteiger partial charge in [-0.2, -0.15) is 0 Å². The number of allylic oxidation sites excluding steroid dienone is 8. The molecular formula is C60H67BrN2O20. The number of halogens is 1. The molecule has 1 aliphatic carbocycles. The molecule has 4 heterocycles. The standard InChI is InChI=1S/C15H15BrO4.2C15H15NO6.C15H22O4/c1-9(17)14-7-12(8-15(19,20-14)10(2)18)11-3-5-13(16)6-4-11;2*1-9(17)14-7-12(8-15(19,22-14)10(2)18)11-3-5-13(6-4-11)16(20)21;1-10(16)14-8-13(12-6-4-3-5-7-12)9-15(18,19-14)11(2)17/h3-7,12,19H,8H2,1-2H3;2*3-7,12,19H,8H2,1-2H3;8,12-13,18H,3-7,9H2,1-2H3. The third-order valence-corrected chi connectivity index (χ3v) is 15.3. The number of nitro benzene ring substituents is 2. The van der Waals surface area contributed by atoms with Crippen molar-refractivity contribution in [3.05, 3.63) is 162 Å².